The second-order valence-corrected chi connectivity index (χ2v) is 2.43. The third-order valence-electron chi connectivity index (χ3n) is 1.67. The number of fused-ring (bicyclic) bond motifs is 1. The number of H-pyrrole nitrogens is 1. The Morgan fingerprint density at radius 2 is 2.46 bits per heavy atom. The van der Waals surface area contributed by atoms with Gasteiger partial charge in [-0.1, -0.05) is 0 Å². The molecule has 2 aromatic rings. The zero-order valence-electron chi connectivity index (χ0n) is 6.48. The topological polar surface area (TPSA) is 81.9 Å². The van der Waals surface area contributed by atoms with E-state index in [0.29, 0.717) is 16.7 Å². The van der Waals surface area contributed by atoms with Crippen LogP contribution in [0.5, 0.6) is 11.6 Å². The van der Waals surface area contributed by atoms with Crippen molar-refractivity contribution in [2.45, 2.75) is 0 Å². The number of aromatic amines is 1. The van der Waals surface area contributed by atoms with Crippen molar-refractivity contribution in [3.05, 3.63) is 18.5 Å². The third-order valence-corrected chi connectivity index (χ3v) is 1.67. The summed E-state index contributed by atoms with van der Waals surface area (Å²) in [6, 6.07) is 1.46. The summed E-state index contributed by atoms with van der Waals surface area (Å²) >= 11 is 0. The van der Waals surface area contributed by atoms with Gasteiger partial charge in [-0.3, -0.25) is 0 Å². The van der Waals surface area contributed by atoms with Gasteiger partial charge in [0.2, 0.25) is 5.88 Å². The lowest BCUT2D eigenvalue weighted by Gasteiger charge is -1.92. The first-order valence-electron chi connectivity index (χ1n) is 3.53. The monoisotopic (exact) mass is 175 g/mol. The summed E-state index contributed by atoms with van der Waals surface area (Å²) in [5.41, 5.74) is 0.678. The summed E-state index contributed by atoms with van der Waals surface area (Å²) in [6.45, 7) is 0. The molecule has 0 radical (unpaired) electrons. The molecule has 5 nitrogen and oxygen atoms in total. The molecule has 2 aromatic heterocycles. The first kappa shape index (κ1) is 7.43. The van der Waals surface area contributed by atoms with Gasteiger partial charge in [0.05, 0.1) is 10.9 Å². The van der Waals surface area contributed by atoms with E-state index in [1.54, 1.807) is 6.26 Å². The maximum atomic E-state index is 9.03. The number of hydrogen-bond acceptors (Lipinski definition) is 4. The lowest BCUT2D eigenvalue weighted by atomic mass is 10.3. The lowest BCUT2D eigenvalue weighted by Crippen LogP contribution is -1.79. The smallest absolute Gasteiger partial charge is 0.292 e. The maximum Gasteiger partial charge on any atom is 0.292 e. The molecule has 64 valence electrons. The largest absolute Gasteiger partial charge is 0.493 e. The zero-order chi connectivity index (χ0) is 9.26. The van der Waals surface area contributed by atoms with Crippen LogP contribution in [0, 0.1) is 11.5 Å². The number of nitrogens with one attached hydrogen (secondary N) is 1. The molecule has 0 saturated heterocycles. The average Bonchev–Trinajstić information content (AvgIpc) is 2.49. The standard InChI is InChI=1S/C8H5N3O2/c9-4-13-7-3-10-6-1-8(12)11-2-5(6)7/h1-3,10H,(H,11,12). The van der Waals surface area contributed by atoms with Gasteiger partial charge in [0.1, 0.15) is 0 Å². The van der Waals surface area contributed by atoms with E-state index >= 15 is 0 Å². The average molecular weight is 175 g/mol. The highest BCUT2D eigenvalue weighted by Crippen LogP contribution is 2.25. The zero-order valence-corrected chi connectivity index (χ0v) is 6.48. The summed E-state index contributed by atoms with van der Waals surface area (Å²) in [7, 11) is 0. The summed E-state index contributed by atoms with van der Waals surface area (Å²) < 4.78 is 4.65. The molecule has 2 heterocycles. The number of ether oxygens (including phenoxy) is 1. The number of aromatic nitrogens is 2. The van der Waals surface area contributed by atoms with Gasteiger partial charge in [-0.25, -0.2) is 4.98 Å². The summed E-state index contributed by atoms with van der Waals surface area (Å²) in [4.78, 5) is 6.51. The molecule has 0 aliphatic heterocycles. The predicted molar refractivity (Wildman–Crippen MR) is 44.0 cm³/mol. The summed E-state index contributed by atoms with van der Waals surface area (Å²) in [5.74, 6) is 0.336. The molecular formula is C8H5N3O2. The van der Waals surface area contributed by atoms with Crippen LogP contribution in [0.1, 0.15) is 0 Å². The molecule has 0 bridgehead atoms. The molecule has 2 rings (SSSR count). The molecule has 0 aliphatic rings. The Labute approximate surface area is 73.2 Å². The minimum absolute atomic E-state index is 0.0714. The van der Waals surface area contributed by atoms with E-state index in [2.05, 4.69) is 14.7 Å². The molecule has 5 heteroatoms. The lowest BCUT2D eigenvalue weighted by molar-refractivity contribution is 0.454. The Morgan fingerprint density at radius 1 is 1.62 bits per heavy atom. The normalized spacial score (nSPS) is 9.77. The van der Waals surface area contributed by atoms with Gasteiger partial charge in [0.25, 0.3) is 6.26 Å². The van der Waals surface area contributed by atoms with E-state index in [4.69, 9.17) is 10.4 Å². The van der Waals surface area contributed by atoms with Crippen LogP contribution < -0.4 is 4.74 Å². The Hall–Kier alpha value is -2.22. The first-order chi connectivity index (χ1) is 6.31. The highest BCUT2D eigenvalue weighted by atomic mass is 16.5. The van der Waals surface area contributed by atoms with Crippen molar-refractivity contribution in [2.24, 2.45) is 0 Å². The van der Waals surface area contributed by atoms with Gasteiger partial charge in [0.15, 0.2) is 5.75 Å². The van der Waals surface area contributed by atoms with Crippen LogP contribution >= 0.6 is 0 Å². The molecule has 0 saturated carbocycles. The molecule has 0 amide bonds. The van der Waals surface area contributed by atoms with Crippen molar-refractivity contribution < 1.29 is 9.84 Å². The maximum absolute atomic E-state index is 9.03. The molecule has 0 aliphatic carbocycles. The van der Waals surface area contributed by atoms with E-state index in [1.807, 2.05) is 0 Å². The molecule has 2 N–H and O–H groups in total. The summed E-state index contributed by atoms with van der Waals surface area (Å²) in [6.07, 6.45) is 4.54. The number of hydrogen-bond donors (Lipinski definition) is 2. The molecule has 0 atom stereocenters. The summed E-state index contributed by atoms with van der Waals surface area (Å²) in [5, 5.41) is 18.0. The van der Waals surface area contributed by atoms with Crippen LogP contribution in [0.3, 0.4) is 0 Å². The number of rotatable bonds is 1. The fraction of sp³-hybridized carbons (Fsp3) is 0. The van der Waals surface area contributed by atoms with E-state index in [0.717, 1.165) is 0 Å². The second kappa shape index (κ2) is 2.68. The Morgan fingerprint density at radius 3 is 3.23 bits per heavy atom. The Bertz CT molecular complexity index is 484. The van der Waals surface area contributed by atoms with Gasteiger partial charge in [0, 0.05) is 18.5 Å². The van der Waals surface area contributed by atoms with Crippen LogP contribution in [0.25, 0.3) is 10.9 Å². The molecule has 0 spiro atoms. The number of nitrogens with zero attached hydrogens (tertiary/aromatic N) is 2. The van der Waals surface area contributed by atoms with Crippen molar-refractivity contribution >= 4 is 10.9 Å². The van der Waals surface area contributed by atoms with Crippen molar-refractivity contribution in [3.63, 3.8) is 0 Å². The molecule has 0 fully saturated rings. The van der Waals surface area contributed by atoms with E-state index in [-0.39, 0.29) is 5.88 Å². The number of pyridine rings is 1. The van der Waals surface area contributed by atoms with E-state index in [1.165, 1.54) is 18.5 Å². The van der Waals surface area contributed by atoms with Gasteiger partial charge < -0.3 is 14.8 Å². The highest BCUT2D eigenvalue weighted by Gasteiger charge is 2.05. The SMILES string of the molecule is N#COc1c[nH]c2cc(O)ncc12. The van der Waals surface area contributed by atoms with Gasteiger partial charge in [-0.15, -0.1) is 5.26 Å². The second-order valence-electron chi connectivity index (χ2n) is 2.43. The van der Waals surface area contributed by atoms with Crippen LogP contribution in [0.15, 0.2) is 18.5 Å². The van der Waals surface area contributed by atoms with Crippen LogP contribution in [-0.4, -0.2) is 15.1 Å². The van der Waals surface area contributed by atoms with Gasteiger partial charge in [-0.2, -0.15) is 0 Å². The minimum atomic E-state index is -0.0714. The van der Waals surface area contributed by atoms with Crippen LogP contribution in [0.4, 0.5) is 0 Å². The van der Waals surface area contributed by atoms with E-state index < -0.39 is 0 Å². The minimum Gasteiger partial charge on any atom is -0.493 e. The Kier molecular flexibility index (Phi) is 1.53. The Balaban J connectivity index is 2.63. The fourth-order valence-corrected chi connectivity index (χ4v) is 1.11. The fourth-order valence-electron chi connectivity index (χ4n) is 1.11. The van der Waals surface area contributed by atoms with Crippen molar-refractivity contribution in [2.75, 3.05) is 0 Å². The number of nitriles is 1. The van der Waals surface area contributed by atoms with Crippen molar-refractivity contribution in [1.29, 1.82) is 5.26 Å². The third kappa shape index (κ3) is 1.14. The van der Waals surface area contributed by atoms with Crippen molar-refractivity contribution in [3.8, 4) is 17.9 Å². The van der Waals surface area contributed by atoms with Crippen LogP contribution in [-0.2, 0) is 0 Å². The predicted octanol–water partition coefficient (Wildman–Crippen LogP) is 1.13. The van der Waals surface area contributed by atoms with Gasteiger partial charge >= 0.3 is 0 Å². The van der Waals surface area contributed by atoms with E-state index in [9.17, 15) is 0 Å². The highest BCUT2D eigenvalue weighted by molar-refractivity contribution is 5.85. The van der Waals surface area contributed by atoms with Gasteiger partial charge in [-0.05, 0) is 0 Å². The van der Waals surface area contributed by atoms with Crippen molar-refractivity contribution in [1.82, 2.24) is 9.97 Å². The molecular weight excluding hydrogens is 170 g/mol. The number of aromatic hydroxyl groups is 1. The molecule has 0 unspecified atom stereocenters. The first-order valence-corrected chi connectivity index (χ1v) is 3.53. The quantitative estimate of drug-likeness (QED) is 0.636. The molecule has 0 aromatic carbocycles. The van der Waals surface area contributed by atoms with Crippen LogP contribution in [0.2, 0.25) is 0 Å². The molecule has 13 heavy (non-hydrogen) atoms.